The maximum atomic E-state index is 12.2. The first-order chi connectivity index (χ1) is 10.5. The van der Waals surface area contributed by atoms with Crippen molar-refractivity contribution in [1.29, 1.82) is 0 Å². The van der Waals surface area contributed by atoms with Crippen molar-refractivity contribution in [1.82, 2.24) is 5.32 Å². The average molecular weight is 307 g/mol. The van der Waals surface area contributed by atoms with Crippen LogP contribution in [0, 0.1) is 5.41 Å². The summed E-state index contributed by atoms with van der Waals surface area (Å²) in [5.41, 5.74) is 0.647. The second kappa shape index (κ2) is 7.26. The molecule has 1 aromatic rings. The Morgan fingerprint density at radius 1 is 1.36 bits per heavy atom. The predicted molar refractivity (Wildman–Crippen MR) is 80.1 cm³/mol. The minimum absolute atomic E-state index is 0.176. The summed E-state index contributed by atoms with van der Waals surface area (Å²) in [5.74, 6) is -0.858. The van der Waals surface area contributed by atoms with Crippen molar-refractivity contribution in [2.75, 3.05) is 26.9 Å². The van der Waals surface area contributed by atoms with Crippen LogP contribution in [-0.4, -0.2) is 43.9 Å². The van der Waals surface area contributed by atoms with E-state index >= 15 is 0 Å². The Kier molecular flexibility index (Phi) is 5.38. The number of benzene rings is 1. The van der Waals surface area contributed by atoms with E-state index in [0.29, 0.717) is 24.5 Å². The van der Waals surface area contributed by atoms with E-state index < -0.39 is 12.6 Å². The van der Waals surface area contributed by atoms with Gasteiger partial charge in [0.05, 0.1) is 0 Å². The largest absolute Gasteiger partial charge is 0.482 e. The van der Waals surface area contributed by atoms with Gasteiger partial charge in [0, 0.05) is 25.8 Å². The third kappa shape index (κ3) is 4.73. The molecule has 0 spiro atoms. The number of amides is 1. The highest BCUT2D eigenvalue weighted by molar-refractivity contribution is 5.94. The van der Waals surface area contributed by atoms with Gasteiger partial charge in [0.15, 0.2) is 6.61 Å². The summed E-state index contributed by atoms with van der Waals surface area (Å²) >= 11 is 0. The van der Waals surface area contributed by atoms with Crippen molar-refractivity contribution in [3.8, 4) is 5.75 Å². The molecule has 0 aliphatic heterocycles. The molecule has 1 saturated carbocycles. The van der Waals surface area contributed by atoms with Gasteiger partial charge in [-0.05, 0) is 42.9 Å². The maximum Gasteiger partial charge on any atom is 0.341 e. The molecule has 0 saturated heterocycles. The Hall–Kier alpha value is -2.08. The van der Waals surface area contributed by atoms with E-state index in [4.69, 9.17) is 14.6 Å². The van der Waals surface area contributed by atoms with Crippen molar-refractivity contribution in [2.45, 2.75) is 19.3 Å². The van der Waals surface area contributed by atoms with E-state index in [-0.39, 0.29) is 11.3 Å². The van der Waals surface area contributed by atoms with Gasteiger partial charge < -0.3 is 19.9 Å². The molecule has 0 aromatic heterocycles. The van der Waals surface area contributed by atoms with Crippen LogP contribution in [0.5, 0.6) is 5.75 Å². The number of carboxylic acids is 1. The van der Waals surface area contributed by atoms with Crippen molar-refractivity contribution < 1.29 is 24.2 Å². The minimum atomic E-state index is -1.05. The Labute approximate surface area is 129 Å². The van der Waals surface area contributed by atoms with E-state index in [1.165, 1.54) is 0 Å². The number of rotatable bonds is 9. The number of nitrogens with one attached hydrogen (secondary N) is 1. The number of carbonyl (C=O) groups is 2. The smallest absolute Gasteiger partial charge is 0.341 e. The fourth-order valence-corrected chi connectivity index (χ4v) is 2.25. The number of aliphatic carboxylic acids is 1. The third-order valence-corrected chi connectivity index (χ3v) is 3.88. The van der Waals surface area contributed by atoms with Crippen molar-refractivity contribution in [3.05, 3.63) is 29.8 Å². The van der Waals surface area contributed by atoms with Crippen LogP contribution in [0.4, 0.5) is 0 Å². The average Bonchev–Trinajstić information content (AvgIpc) is 3.29. The van der Waals surface area contributed by atoms with Crippen LogP contribution in [0.3, 0.4) is 0 Å². The number of ether oxygens (including phenoxy) is 2. The summed E-state index contributed by atoms with van der Waals surface area (Å²) in [6.45, 7) is 0.912. The van der Waals surface area contributed by atoms with Crippen molar-refractivity contribution >= 4 is 11.9 Å². The molecule has 1 amide bonds. The lowest BCUT2D eigenvalue weighted by atomic mass is 10.0. The van der Waals surface area contributed by atoms with E-state index in [0.717, 1.165) is 19.3 Å². The topological polar surface area (TPSA) is 84.9 Å². The highest BCUT2D eigenvalue weighted by Crippen LogP contribution is 2.48. The van der Waals surface area contributed by atoms with Crippen LogP contribution in [0.25, 0.3) is 0 Å². The number of hydrogen-bond donors (Lipinski definition) is 2. The number of methoxy groups -OCH3 is 1. The molecule has 0 radical (unpaired) electrons. The third-order valence-electron chi connectivity index (χ3n) is 3.88. The molecule has 6 heteroatoms. The van der Waals surface area contributed by atoms with Crippen LogP contribution >= 0.6 is 0 Å². The predicted octanol–water partition coefficient (Wildman–Crippen LogP) is 1.70. The fraction of sp³-hybridized carbons (Fsp3) is 0.500. The summed E-state index contributed by atoms with van der Waals surface area (Å²) in [7, 11) is 1.68. The van der Waals surface area contributed by atoms with Crippen LogP contribution < -0.4 is 10.1 Å². The zero-order valence-corrected chi connectivity index (χ0v) is 12.6. The Morgan fingerprint density at radius 3 is 2.77 bits per heavy atom. The first kappa shape index (κ1) is 16.3. The number of carboxylic acid groups (broad SMARTS) is 1. The molecule has 1 aliphatic carbocycles. The highest BCUT2D eigenvalue weighted by Gasteiger charge is 2.42. The maximum absolute atomic E-state index is 12.2. The van der Waals surface area contributed by atoms with E-state index in [9.17, 15) is 9.59 Å². The van der Waals surface area contributed by atoms with Gasteiger partial charge in [-0.2, -0.15) is 0 Å². The number of carbonyl (C=O) groups excluding carboxylic acids is 1. The molecule has 6 nitrogen and oxygen atoms in total. The van der Waals surface area contributed by atoms with Crippen LogP contribution in [0.15, 0.2) is 24.3 Å². The summed E-state index contributed by atoms with van der Waals surface area (Å²) < 4.78 is 10.2. The normalized spacial score (nSPS) is 15.1. The van der Waals surface area contributed by atoms with E-state index in [1.54, 1.807) is 31.4 Å². The molecule has 0 unspecified atom stereocenters. The van der Waals surface area contributed by atoms with Gasteiger partial charge in [0.25, 0.3) is 5.91 Å². The quantitative estimate of drug-likeness (QED) is 0.725. The molecule has 0 atom stereocenters. The molecule has 120 valence electrons. The second-order valence-electron chi connectivity index (χ2n) is 5.64. The summed E-state index contributed by atoms with van der Waals surface area (Å²) in [4.78, 5) is 22.7. The van der Waals surface area contributed by atoms with Crippen molar-refractivity contribution in [3.63, 3.8) is 0 Å². The first-order valence-electron chi connectivity index (χ1n) is 7.26. The first-order valence-corrected chi connectivity index (χ1v) is 7.26. The molecule has 0 heterocycles. The Morgan fingerprint density at radius 2 is 2.14 bits per heavy atom. The standard InChI is InChI=1S/C16H21NO5/c1-21-8-7-16(5-6-16)11-17-15(20)12-3-2-4-13(9-12)22-10-14(18)19/h2-4,9H,5-8,10-11H2,1H3,(H,17,20)(H,18,19). The van der Waals surface area contributed by atoms with Crippen LogP contribution in [0.2, 0.25) is 0 Å². The molecule has 1 aliphatic rings. The van der Waals surface area contributed by atoms with Gasteiger partial charge in [-0.25, -0.2) is 4.79 Å². The molecule has 2 rings (SSSR count). The molecule has 22 heavy (non-hydrogen) atoms. The van der Waals surface area contributed by atoms with Gasteiger partial charge in [0.2, 0.25) is 0 Å². The van der Waals surface area contributed by atoms with Gasteiger partial charge in [-0.1, -0.05) is 6.07 Å². The Bertz CT molecular complexity index is 539. The molecule has 1 aromatic carbocycles. The monoisotopic (exact) mass is 307 g/mol. The zero-order chi connectivity index (χ0) is 16.0. The van der Waals surface area contributed by atoms with Crippen LogP contribution in [-0.2, 0) is 9.53 Å². The van der Waals surface area contributed by atoms with Gasteiger partial charge in [-0.3, -0.25) is 4.79 Å². The molecular formula is C16H21NO5. The highest BCUT2D eigenvalue weighted by atomic mass is 16.5. The second-order valence-corrected chi connectivity index (χ2v) is 5.64. The molecule has 2 N–H and O–H groups in total. The number of hydrogen-bond acceptors (Lipinski definition) is 4. The van der Waals surface area contributed by atoms with Crippen LogP contribution in [0.1, 0.15) is 29.6 Å². The van der Waals surface area contributed by atoms with E-state index in [1.807, 2.05) is 0 Å². The SMILES string of the molecule is COCCC1(CNC(=O)c2cccc(OCC(=O)O)c2)CC1. The van der Waals surface area contributed by atoms with Gasteiger partial charge in [-0.15, -0.1) is 0 Å². The molecular weight excluding hydrogens is 286 g/mol. The van der Waals surface area contributed by atoms with Crippen molar-refractivity contribution in [2.24, 2.45) is 5.41 Å². The van der Waals surface area contributed by atoms with Gasteiger partial charge >= 0.3 is 5.97 Å². The lowest BCUT2D eigenvalue weighted by Gasteiger charge is -2.15. The minimum Gasteiger partial charge on any atom is -0.482 e. The molecule has 0 bridgehead atoms. The van der Waals surface area contributed by atoms with Gasteiger partial charge in [0.1, 0.15) is 5.75 Å². The summed E-state index contributed by atoms with van der Waals surface area (Å²) in [6, 6.07) is 6.52. The Balaban J connectivity index is 1.87. The molecule has 1 fully saturated rings. The lowest BCUT2D eigenvalue weighted by Crippen LogP contribution is -2.30. The fourth-order valence-electron chi connectivity index (χ4n) is 2.25. The summed E-state index contributed by atoms with van der Waals surface area (Å²) in [6.07, 6.45) is 3.17. The lowest BCUT2D eigenvalue weighted by molar-refractivity contribution is -0.139. The van der Waals surface area contributed by atoms with E-state index in [2.05, 4.69) is 5.32 Å². The zero-order valence-electron chi connectivity index (χ0n) is 12.6. The summed E-state index contributed by atoms with van der Waals surface area (Å²) in [5, 5.41) is 11.5.